The second-order valence-electron chi connectivity index (χ2n) is 4.80. The van der Waals surface area contributed by atoms with Crippen LogP contribution in [0.5, 0.6) is 0 Å². The maximum Gasteiger partial charge on any atom is 0.352 e. The molecule has 0 amide bonds. The van der Waals surface area contributed by atoms with Crippen LogP contribution in [0.2, 0.25) is 0 Å². The molecular weight excluding hydrogens is 298 g/mol. The van der Waals surface area contributed by atoms with Gasteiger partial charge in [-0.05, 0) is 26.8 Å². The van der Waals surface area contributed by atoms with E-state index in [1.807, 2.05) is 0 Å². The molecule has 0 unspecified atom stereocenters. The van der Waals surface area contributed by atoms with Crippen molar-refractivity contribution in [2.75, 3.05) is 4.72 Å². The summed E-state index contributed by atoms with van der Waals surface area (Å²) in [5.74, 6) is -0.692. The Labute approximate surface area is 121 Å². The molecule has 114 valence electrons. The third-order valence-corrected chi connectivity index (χ3v) is 4.10. The number of aromatic nitrogens is 2. The van der Waals surface area contributed by atoms with Crippen molar-refractivity contribution in [3.8, 4) is 0 Å². The standard InChI is InChI=1S/C12H15N3O5S/c1-7(2)15-6-9(5-10(15)12(16)17)21(18,19)14-11-4-8(3)20-13-11/h4-7H,1-3H3,(H,13,14)(H,16,17). The van der Waals surface area contributed by atoms with Crippen molar-refractivity contribution in [3.63, 3.8) is 0 Å². The highest BCUT2D eigenvalue weighted by atomic mass is 32.2. The van der Waals surface area contributed by atoms with Gasteiger partial charge in [-0.15, -0.1) is 0 Å². The van der Waals surface area contributed by atoms with Crippen molar-refractivity contribution in [3.05, 3.63) is 29.8 Å². The van der Waals surface area contributed by atoms with Crippen LogP contribution in [0.25, 0.3) is 0 Å². The molecule has 8 nitrogen and oxygen atoms in total. The van der Waals surface area contributed by atoms with Crippen molar-refractivity contribution in [2.24, 2.45) is 0 Å². The molecule has 2 heterocycles. The molecule has 0 aliphatic rings. The van der Waals surface area contributed by atoms with Crippen molar-refractivity contribution >= 4 is 21.8 Å². The maximum absolute atomic E-state index is 12.2. The molecule has 21 heavy (non-hydrogen) atoms. The fourth-order valence-electron chi connectivity index (χ4n) is 1.81. The molecule has 0 fully saturated rings. The van der Waals surface area contributed by atoms with Gasteiger partial charge in [0.1, 0.15) is 16.3 Å². The number of aryl methyl sites for hydroxylation is 1. The van der Waals surface area contributed by atoms with Crippen LogP contribution in [-0.4, -0.2) is 29.2 Å². The largest absolute Gasteiger partial charge is 0.477 e. The van der Waals surface area contributed by atoms with Gasteiger partial charge in [0.2, 0.25) is 0 Å². The van der Waals surface area contributed by atoms with Crippen LogP contribution in [-0.2, 0) is 10.0 Å². The van der Waals surface area contributed by atoms with E-state index in [0.717, 1.165) is 6.07 Å². The Bertz CT molecular complexity index is 773. The SMILES string of the molecule is Cc1cc(NS(=O)(=O)c2cc(C(=O)O)n(C(C)C)c2)no1. The summed E-state index contributed by atoms with van der Waals surface area (Å²) < 4.78 is 32.8. The molecule has 0 spiro atoms. The van der Waals surface area contributed by atoms with Crippen LogP contribution in [0.4, 0.5) is 5.82 Å². The molecular formula is C12H15N3O5S. The summed E-state index contributed by atoms with van der Waals surface area (Å²) in [5.41, 5.74) is -0.0956. The van der Waals surface area contributed by atoms with Crippen molar-refractivity contribution in [1.29, 1.82) is 0 Å². The Hall–Kier alpha value is -2.29. The second-order valence-corrected chi connectivity index (χ2v) is 6.48. The summed E-state index contributed by atoms with van der Waals surface area (Å²) in [6.45, 7) is 5.15. The van der Waals surface area contributed by atoms with E-state index < -0.39 is 16.0 Å². The number of carboxylic acid groups (broad SMARTS) is 1. The van der Waals surface area contributed by atoms with Crippen molar-refractivity contribution in [2.45, 2.75) is 31.7 Å². The molecule has 0 saturated heterocycles. The zero-order chi connectivity index (χ0) is 15.8. The number of hydrogen-bond donors (Lipinski definition) is 2. The molecule has 2 N–H and O–H groups in total. The highest BCUT2D eigenvalue weighted by Crippen LogP contribution is 2.21. The quantitative estimate of drug-likeness (QED) is 0.870. The molecule has 0 radical (unpaired) electrons. The lowest BCUT2D eigenvalue weighted by Crippen LogP contribution is -2.12. The summed E-state index contributed by atoms with van der Waals surface area (Å²) in [7, 11) is -3.93. The first-order valence-corrected chi connectivity index (χ1v) is 7.60. The zero-order valence-electron chi connectivity index (χ0n) is 11.7. The number of carboxylic acids is 1. The molecule has 0 atom stereocenters. The van der Waals surface area contributed by atoms with Gasteiger partial charge >= 0.3 is 5.97 Å². The average molecular weight is 313 g/mol. The first-order valence-electron chi connectivity index (χ1n) is 6.12. The minimum atomic E-state index is -3.93. The Morgan fingerprint density at radius 3 is 2.52 bits per heavy atom. The number of anilines is 1. The number of aromatic carboxylic acids is 1. The predicted octanol–water partition coefficient (Wildman–Crippen LogP) is 1.86. The number of sulfonamides is 1. The monoisotopic (exact) mass is 313 g/mol. The molecule has 0 saturated carbocycles. The molecule has 0 bridgehead atoms. The van der Waals surface area contributed by atoms with E-state index in [0.29, 0.717) is 5.76 Å². The van der Waals surface area contributed by atoms with Crippen molar-refractivity contribution in [1.82, 2.24) is 9.72 Å². The van der Waals surface area contributed by atoms with Crippen LogP contribution < -0.4 is 4.72 Å². The first kappa shape index (κ1) is 15.1. The minimum absolute atomic E-state index is 0.0432. The van der Waals surface area contributed by atoms with Crippen LogP contribution in [0.3, 0.4) is 0 Å². The van der Waals surface area contributed by atoms with Gasteiger partial charge in [-0.1, -0.05) is 5.16 Å². The maximum atomic E-state index is 12.2. The minimum Gasteiger partial charge on any atom is -0.477 e. The normalized spacial score (nSPS) is 11.8. The summed E-state index contributed by atoms with van der Waals surface area (Å²) in [6.07, 6.45) is 1.28. The van der Waals surface area contributed by atoms with Gasteiger partial charge in [0.25, 0.3) is 10.0 Å². The van der Waals surface area contributed by atoms with E-state index in [2.05, 4.69) is 9.88 Å². The van der Waals surface area contributed by atoms with E-state index >= 15 is 0 Å². The fourth-order valence-corrected chi connectivity index (χ4v) is 2.82. The second kappa shape index (κ2) is 5.24. The summed E-state index contributed by atoms with van der Waals surface area (Å²) >= 11 is 0. The van der Waals surface area contributed by atoms with Gasteiger partial charge in [-0.25, -0.2) is 13.2 Å². The Morgan fingerprint density at radius 2 is 2.10 bits per heavy atom. The fraction of sp³-hybridized carbons (Fsp3) is 0.333. The van der Waals surface area contributed by atoms with Crippen LogP contribution in [0, 0.1) is 6.92 Å². The Morgan fingerprint density at radius 1 is 1.43 bits per heavy atom. The Kier molecular flexibility index (Phi) is 3.77. The van der Waals surface area contributed by atoms with Crippen LogP contribution in [0.1, 0.15) is 36.1 Å². The number of rotatable bonds is 5. The predicted molar refractivity (Wildman–Crippen MR) is 73.8 cm³/mol. The topological polar surface area (TPSA) is 114 Å². The summed E-state index contributed by atoms with van der Waals surface area (Å²) in [6, 6.07) is 2.35. The molecule has 2 aromatic heterocycles. The molecule has 0 aliphatic carbocycles. The number of carbonyl (C=O) groups is 1. The molecule has 2 rings (SSSR count). The van der Waals surface area contributed by atoms with Gasteiger partial charge in [0.15, 0.2) is 5.82 Å². The van der Waals surface area contributed by atoms with E-state index in [-0.39, 0.29) is 22.4 Å². The van der Waals surface area contributed by atoms with Gasteiger partial charge in [0, 0.05) is 18.3 Å². The lowest BCUT2D eigenvalue weighted by atomic mass is 10.3. The van der Waals surface area contributed by atoms with Gasteiger partial charge in [-0.3, -0.25) is 4.72 Å². The van der Waals surface area contributed by atoms with E-state index in [1.165, 1.54) is 16.8 Å². The van der Waals surface area contributed by atoms with Crippen LogP contribution >= 0.6 is 0 Å². The smallest absolute Gasteiger partial charge is 0.352 e. The van der Waals surface area contributed by atoms with Gasteiger partial charge in [0.05, 0.1) is 0 Å². The Balaban J connectivity index is 2.40. The number of nitrogens with one attached hydrogen (secondary N) is 1. The highest BCUT2D eigenvalue weighted by molar-refractivity contribution is 7.92. The van der Waals surface area contributed by atoms with Crippen LogP contribution in [0.15, 0.2) is 27.7 Å². The number of nitrogens with zero attached hydrogens (tertiary/aromatic N) is 2. The van der Waals surface area contributed by atoms with E-state index in [9.17, 15) is 13.2 Å². The molecule has 9 heteroatoms. The lowest BCUT2D eigenvalue weighted by Gasteiger charge is -2.09. The molecule has 2 aromatic rings. The van der Waals surface area contributed by atoms with E-state index in [1.54, 1.807) is 20.8 Å². The zero-order valence-corrected chi connectivity index (χ0v) is 12.5. The van der Waals surface area contributed by atoms with Crippen molar-refractivity contribution < 1.29 is 22.8 Å². The first-order chi connectivity index (χ1) is 9.70. The lowest BCUT2D eigenvalue weighted by molar-refractivity contribution is 0.0683. The third-order valence-electron chi connectivity index (χ3n) is 2.78. The van der Waals surface area contributed by atoms with E-state index in [4.69, 9.17) is 9.63 Å². The highest BCUT2D eigenvalue weighted by Gasteiger charge is 2.23. The van der Waals surface area contributed by atoms with Gasteiger partial charge in [-0.2, -0.15) is 0 Å². The summed E-state index contributed by atoms with van der Waals surface area (Å²) in [4.78, 5) is 11.0. The number of hydrogen-bond acceptors (Lipinski definition) is 5. The molecule has 0 aromatic carbocycles. The summed E-state index contributed by atoms with van der Waals surface area (Å²) in [5, 5.41) is 12.7. The van der Waals surface area contributed by atoms with Gasteiger partial charge < -0.3 is 14.2 Å². The average Bonchev–Trinajstić information content (AvgIpc) is 2.95. The third kappa shape index (κ3) is 3.07. The molecule has 0 aliphatic heterocycles.